The summed E-state index contributed by atoms with van der Waals surface area (Å²) in [6, 6.07) is 16.0. The van der Waals surface area contributed by atoms with E-state index in [4.69, 9.17) is 10.00 Å². The summed E-state index contributed by atoms with van der Waals surface area (Å²) in [5.41, 5.74) is 2.08. The lowest BCUT2D eigenvalue weighted by Gasteiger charge is -2.02. The van der Waals surface area contributed by atoms with Crippen LogP contribution in [-0.2, 0) is 11.3 Å². The molecule has 0 N–H and O–H groups in total. The minimum atomic E-state index is -0.414. The predicted molar refractivity (Wildman–Crippen MR) is 76.2 cm³/mol. The molecule has 100 valence electrons. The average Bonchev–Trinajstić information content (AvgIpc) is 2.47. The smallest absolute Gasteiger partial charge is 0.124 e. The van der Waals surface area contributed by atoms with Gasteiger partial charge < -0.3 is 4.74 Å². The Morgan fingerprint density at radius 3 is 2.70 bits per heavy atom. The first-order chi connectivity index (χ1) is 9.78. The number of nitrogens with zero attached hydrogens (tertiary/aromatic N) is 1. The molecule has 0 saturated heterocycles. The van der Waals surface area contributed by atoms with Crippen LogP contribution < -0.4 is 0 Å². The molecule has 0 aliphatic rings. The lowest BCUT2D eigenvalue weighted by atomic mass is 10.1. The number of benzene rings is 2. The zero-order valence-electron chi connectivity index (χ0n) is 10.9. The molecule has 0 radical (unpaired) electrons. The van der Waals surface area contributed by atoms with Crippen molar-refractivity contribution >= 4 is 6.08 Å². The van der Waals surface area contributed by atoms with E-state index in [1.165, 1.54) is 12.1 Å². The molecule has 20 heavy (non-hydrogen) atoms. The highest BCUT2D eigenvalue weighted by molar-refractivity contribution is 5.48. The van der Waals surface area contributed by atoms with Crippen molar-refractivity contribution in [3.8, 4) is 6.07 Å². The maximum absolute atomic E-state index is 13.2. The third kappa shape index (κ3) is 4.34. The van der Waals surface area contributed by atoms with E-state index in [0.717, 1.165) is 5.56 Å². The van der Waals surface area contributed by atoms with Crippen molar-refractivity contribution in [2.75, 3.05) is 6.61 Å². The largest absolute Gasteiger partial charge is 0.373 e. The molecule has 3 heteroatoms. The molecule has 0 fully saturated rings. The van der Waals surface area contributed by atoms with Crippen LogP contribution in [0.4, 0.5) is 4.39 Å². The highest BCUT2D eigenvalue weighted by Gasteiger charge is 2.00. The molecule has 0 bridgehead atoms. The van der Waals surface area contributed by atoms with Gasteiger partial charge in [-0.15, -0.1) is 0 Å². The molecule has 2 aromatic carbocycles. The molecule has 2 rings (SSSR count). The van der Waals surface area contributed by atoms with Crippen molar-refractivity contribution < 1.29 is 9.13 Å². The lowest BCUT2D eigenvalue weighted by Crippen LogP contribution is -1.94. The van der Waals surface area contributed by atoms with Gasteiger partial charge in [-0.1, -0.05) is 42.5 Å². The number of halogens is 1. The maximum atomic E-state index is 13.2. The van der Waals surface area contributed by atoms with E-state index in [1.807, 2.05) is 48.6 Å². The lowest BCUT2D eigenvalue weighted by molar-refractivity contribution is 0.149. The van der Waals surface area contributed by atoms with Gasteiger partial charge in [0.2, 0.25) is 0 Å². The normalized spacial score (nSPS) is 10.6. The van der Waals surface area contributed by atoms with Crippen LogP contribution in [0.1, 0.15) is 16.7 Å². The van der Waals surface area contributed by atoms with Crippen molar-refractivity contribution in [2.45, 2.75) is 6.61 Å². The fourth-order valence-electron chi connectivity index (χ4n) is 1.79. The Balaban J connectivity index is 1.83. The molecular formula is C17H14FNO. The molecule has 0 atom stereocenters. The summed E-state index contributed by atoms with van der Waals surface area (Å²) in [5.74, 6) is -0.414. The Bertz CT molecular complexity index is 629. The first kappa shape index (κ1) is 14.0. The van der Waals surface area contributed by atoms with Crippen molar-refractivity contribution in [3.63, 3.8) is 0 Å². The second-order valence-electron chi connectivity index (χ2n) is 4.29. The fourth-order valence-corrected chi connectivity index (χ4v) is 1.79. The Labute approximate surface area is 117 Å². The zero-order chi connectivity index (χ0) is 14.2. The van der Waals surface area contributed by atoms with Crippen LogP contribution in [0.25, 0.3) is 6.08 Å². The monoisotopic (exact) mass is 267 g/mol. The van der Waals surface area contributed by atoms with Gasteiger partial charge in [0.1, 0.15) is 5.82 Å². The summed E-state index contributed by atoms with van der Waals surface area (Å²) in [4.78, 5) is 0. The quantitative estimate of drug-likeness (QED) is 0.769. The Hall–Kier alpha value is -2.44. The van der Waals surface area contributed by atoms with Crippen LogP contribution in [0, 0.1) is 17.1 Å². The van der Waals surface area contributed by atoms with E-state index in [-0.39, 0.29) is 6.61 Å². The third-order valence-corrected chi connectivity index (χ3v) is 2.68. The third-order valence-electron chi connectivity index (χ3n) is 2.68. The van der Waals surface area contributed by atoms with E-state index in [9.17, 15) is 4.39 Å². The standard InChI is InChI=1S/C17H14FNO/c18-17-10-15(12-19)9-16(11-17)13-20-8-4-7-14-5-2-1-3-6-14/h1-7,9-11H,8,13H2/b7-4+. The summed E-state index contributed by atoms with van der Waals surface area (Å²) in [5, 5.41) is 8.75. The minimum absolute atomic E-state index is 0.283. The van der Waals surface area contributed by atoms with Crippen LogP contribution in [0.2, 0.25) is 0 Å². The maximum Gasteiger partial charge on any atom is 0.124 e. The van der Waals surface area contributed by atoms with Gasteiger partial charge in [0.25, 0.3) is 0 Å². The van der Waals surface area contributed by atoms with E-state index in [0.29, 0.717) is 17.7 Å². The molecule has 0 heterocycles. The molecule has 0 aromatic heterocycles. The summed E-state index contributed by atoms with van der Waals surface area (Å²) >= 11 is 0. The van der Waals surface area contributed by atoms with Gasteiger partial charge in [-0.2, -0.15) is 5.26 Å². The molecule has 0 spiro atoms. The molecule has 0 aliphatic carbocycles. The Kier molecular flexibility index (Phi) is 5.05. The van der Waals surface area contributed by atoms with Crippen molar-refractivity contribution in [2.24, 2.45) is 0 Å². The molecule has 0 amide bonds. The fraction of sp³-hybridized carbons (Fsp3) is 0.118. The second kappa shape index (κ2) is 7.22. The second-order valence-corrected chi connectivity index (χ2v) is 4.29. The van der Waals surface area contributed by atoms with Gasteiger partial charge in [-0.3, -0.25) is 0 Å². The van der Waals surface area contributed by atoms with Gasteiger partial charge in [0, 0.05) is 0 Å². The molecule has 0 saturated carbocycles. The number of hydrogen-bond acceptors (Lipinski definition) is 2. The van der Waals surface area contributed by atoms with Gasteiger partial charge in [0.05, 0.1) is 24.8 Å². The van der Waals surface area contributed by atoms with E-state index >= 15 is 0 Å². The van der Waals surface area contributed by atoms with E-state index in [2.05, 4.69) is 0 Å². The Morgan fingerprint density at radius 1 is 1.15 bits per heavy atom. The average molecular weight is 267 g/mol. The first-order valence-corrected chi connectivity index (χ1v) is 6.27. The van der Waals surface area contributed by atoms with Gasteiger partial charge >= 0.3 is 0 Å². The van der Waals surface area contributed by atoms with Crippen molar-refractivity contribution in [3.05, 3.63) is 77.1 Å². The highest BCUT2D eigenvalue weighted by atomic mass is 19.1. The van der Waals surface area contributed by atoms with Crippen LogP contribution in [0.3, 0.4) is 0 Å². The van der Waals surface area contributed by atoms with Crippen molar-refractivity contribution in [1.82, 2.24) is 0 Å². The van der Waals surface area contributed by atoms with Crippen LogP contribution >= 0.6 is 0 Å². The molecule has 0 unspecified atom stereocenters. The molecular weight excluding hydrogens is 253 g/mol. The summed E-state index contributed by atoms with van der Waals surface area (Å²) in [6.07, 6.45) is 3.87. The van der Waals surface area contributed by atoms with Crippen molar-refractivity contribution in [1.29, 1.82) is 5.26 Å². The van der Waals surface area contributed by atoms with Gasteiger partial charge in [-0.25, -0.2) is 4.39 Å². The molecule has 2 nitrogen and oxygen atoms in total. The SMILES string of the molecule is N#Cc1cc(F)cc(COC/C=C/c2ccccc2)c1. The molecule has 0 aliphatic heterocycles. The Morgan fingerprint density at radius 2 is 1.95 bits per heavy atom. The topological polar surface area (TPSA) is 33.0 Å². The number of ether oxygens (including phenoxy) is 1. The molecule has 2 aromatic rings. The number of hydrogen-bond donors (Lipinski definition) is 0. The summed E-state index contributed by atoms with van der Waals surface area (Å²) in [6.45, 7) is 0.721. The van der Waals surface area contributed by atoms with E-state index < -0.39 is 5.82 Å². The van der Waals surface area contributed by atoms with Gasteiger partial charge in [0.15, 0.2) is 0 Å². The zero-order valence-corrected chi connectivity index (χ0v) is 10.9. The summed E-state index contributed by atoms with van der Waals surface area (Å²) in [7, 11) is 0. The van der Waals surface area contributed by atoms with Crippen LogP contribution in [0.5, 0.6) is 0 Å². The van der Waals surface area contributed by atoms with Crippen LogP contribution in [0.15, 0.2) is 54.6 Å². The summed E-state index contributed by atoms with van der Waals surface area (Å²) < 4.78 is 18.6. The highest BCUT2D eigenvalue weighted by Crippen LogP contribution is 2.09. The van der Waals surface area contributed by atoms with Gasteiger partial charge in [-0.05, 0) is 29.3 Å². The van der Waals surface area contributed by atoms with Crippen LogP contribution in [-0.4, -0.2) is 6.61 Å². The predicted octanol–water partition coefficient (Wildman–Crippen LogP) is 3.93. The van der Waals surface area contributed by atoms with E-state index in [1.54, 1.807) is 6.07 Å². The number of rotatable bonds is 5. The first-order valence-electron chi connectivity index (χ1n) is 6.27. The minimum Gasteiger partial charge on any atom is -0.373 e. The number of nitriles is 1.